The van der Waals surface area contributed by atoms with Gasteiger partial charge in [0.1, 0.15) is 12.6 Å². The molecule has 33 heavy (non-hydrogen) atoms. The molecule has 0 spiro atoms. The molecule has 2 aromatic carbocycles. The van der Waals surface area contributed by atoms with Gasteiger partial charge in [-0.05, 0) is 69.2 Å². The highest BCUT2D eigenvalue weighted by atomic mass is 35.5. The molecule has 0 saturated carbocycles. The molecule has 10 heteroatoms. The highest BCUT2D eigenvalue weighted by Crippen LogP contribution is 2.26. The van der Waals surface area contributed by atoms with E-state index >= 15 is 0 Å². The lowest BCUT2D eigenvalue weighted by Crippen LogP contribution is -2.52. The fourth-order valence-electron chi connectivity index (χ4n) is 3.31. The van der Waals surface area contributed by atoms with Crippen LogP contribution in [0.5, 0.6) is 0 Å². The molecule has 1 N–H and O–H groups in total. The first-order valence-electron chi connectivity index (χ1n) is 10.4. The van der Waals surface area contributed by atoms with Gasteiger partial charge in [0.25, 0.3) is 0 Å². The van der Waals surface area contributed by atoms with Gasteiger partial charge < -0.3 is 10.2 Å². The zero-order valence-corrected chi connectivity index (χ0v) is 21.6. The van der Waals surface area contributed by atoms with Gasteiger partial charge >= 0.3 is 0 Å². The van der Waals surface area contributed by atoms with Gasteiger partial charge in [-0.3, -0.25) is 13.9 Å². The maximum absolute atomic E-state index is 13.5. The minimum atomic E-state index is -3.81. The quantitative estimate of drug-likeness (QED) is 0.548. The number of benzene rings is 2. The molecule has 0 unspecified atom stereocenters. The summed E-state index contributed by atoms with van der Waals surface area (Å²) < 4.78 is 26.2. The van der Waals surface area contributed by atoms with Crippen LogP contribution in [0.1, 0.15) is 31.9 Å². The predicted octanol–water partition coefficient (Wildman–Crippen LogP) is 4.01. The molecule has 0 aromatic heterocycles. The van der Waals surface area contributed by atoms with E-state index in [4.69, 9.17) is 23.2 Å². The van der Waals surface area contributed by atoms with E-state index in [-0.39, 0.29) is 18.5 Å². The first kappa shape index (κ1) is 27.0. The van der Waals surface area contributed by atoms with E-state index in [1.54, 1.807) is 56.3 Å². The summed E-state index contributed by atoms with van der Waals surface area (Å²) in [4.78, 5) is 27.5. The summed E-state index contributed by atoms with van der Waals surface area (Å²) in [5.74, 6) is -0.866. The van der Waals surface area contributed by atoms with Gasteiger partial charge in [-0.25, -0.2) is 8.42 Å². The summed E-state index contributed by atoms with van der Waals surface area (Å²) in [5, 5.41) is 3.75. The summed E-state index contributed by atoms with van der Waals surface area (Å²) in [6.07, 6.45) is 1.03. The van der Waals surface area contributed by atoms with Crippen molar-refractivity contribution in [1.29, 1.82) is 0 Å². The first-order valence-corrected chi connectivity index (χ1v) is 13.0. The molecule has 180 valence electrons. The van der Waals surface area contributed by atoms with E-state index in [1.165, 1.54) is 4.90 Å². The van der Waals surface area contributed by atoms with E-state index in [0.29, 0.717) is 26.9 Å². The first-order chi connectivity index (χ1) is 15.3. The molecule has 7 nitrogen and oxygen atoms in total. The molecule has 1 atom stereocenters. The van der Waals surface area contributed by atoms with Crippen molar-refractivity contribution in [3.63, 3.8) is 0 Å². The second kappa shape index (κ2) is 11.2. The Kier molecular flexibility index (Phi) is 9.17. The van der Waals surface area contributed by atoms with E-state index in [0.717, 1.165) is 10.6 Å². The van der Waals surface area contributed by atoms with E-state index in [9.17, 15) is 18.0 Å². The minimum absolute atomic E-state index is 0.0866. The summed E-state index contributed by atoms with van der Waals surface area (Å²) in [6, 6.07) is 10.7. The fraction of sp³-hybridized carbons (Fsp3) is 0.391. The van der Waals surface area contributed by atoms with Crippen LogP contribution in [0.2, 0.25) is 10.0 Å². The number of halogens is 2. The second-order valence-electron chi connectivity index (χ2n) is 8.19. The lowest BCUT2D eigenvalue weighted by Gasteiger charge is -2.32. The molecule has 2 aromatic rings. The number of aryl methyl sites for hydroxylation is 1. The molecule has 2 amide bonds. The fourth-order valence-corrected chi connectivity index (χ4v) is 4.66. The van der Waals surface area contributed by atoms with Gasteiger partial charge in [-0.2, -0.15) is 0 Å². The highest BCUT2D eigenvalue weighted by Gasteiger charge is 2.30. The van der Waals surface area contributed by atoms with Crippen LogP contribution in [0, 0.1) is 6.92 Å². The number of anilines is 1. The van der Waals surface area contributed by atoms with Crippen LogP contribution in [0.15, 0.2) is 42.5 Å². The molecular weight excluding hydrogens is 485 g/mol. The number of nitrogens with one attached hydrogen (secondary N) is 1. The highest BCUT2D eigenvalue weighted by molar-refractivity contribution is 7.92. The van der Waals surface area contributed by atoms with Crippen LogP contribution >= 0.6 is 23.2 Å². The number of carbonyl (C=O) groups excluding carboxylic acids is 2. The Bertz CT molecular complexity index is 1120. The topological polar surface area (TPSA) is 86.8 Å². The van der Waals surface area contributed by atoms with E-state index in [2.05, 4.69) is 5.32 Å². The summed E-state index contributed by atoms with van der Waals surface area (Å²) in [6.45, 7) is 6.58. The van der Waals surface area contributed by atoms with E-state index in [1.807, 2.05) is 13.8 Å². The van der Waals surface area contributed by atoms with Crippen molar-refractivity contribution >= 4 is 50.7 Å². The van der Waals surface area contributed by atoms with Crippen LogP contribution in [0.25, 0.3) is 0 Å². The SMILES string of the molecule is Cc1cc(Cl)ccc1N(CC(=O)N(Cc1cccc(Cl)c1)[C@H](C)C(=O)NC(C)C)S(C)(=O)=O. The van der Waals surface area contributed by atoms with Crippen LogP contribution in [0.3, 0.4) is 0 Å². The Morgan fingerprint density at radius 3 is 2.21 bits per heavy atom. The van der Waals surface area contributed by atoms with Crippen molar-refractivity contribution in [2.45, 2.75) is 46.3 Å². The number of hydrogen-bond donors (Lipinski definition) is 1. The van der Waals surface area contributed by atoms with Crippen molar-refractivity contribution in [2.75, 3.05) is 17.1 Å². The van der Waals surface area contributed by atoms with Gasteiger partial charge in [-0.15, -0.1) is 0 Å². The predicted molar refractivity (Wildman–Crippen MR) is 133 cm³/mol. The Balaban J connectivity index is 2.42. The van der Waals surface area contributed by atoms with Gasteiger partial charge in [0.15, 0.2) is 0 Å². The third kappa shape index (κ3) is 7.62. The molecule has 0 aliphatic heterocycles. The summed E-state index contributed by atoms with van der Waals surface area (Å²) >= 11 is 12.1. The van der Waals surface area contributed by atoms with Crippen LogP contribution in [-0.2, 0) is 26.2 Å². The van der Waals surface area contributed by atoms with Crippen molar-refractivity contribution in [1.82, 2.24) is 10.2 Å². The number of hydrogen-bond acceptors (Lipinski definition) is 4. The average molecular weight is 514 g/mol. The number of amides is 2. The Labute approximate surface area is 205 Å². The van der Waals surface area contributed by atoms with Crippen LogP contribution in [0.4, 0.5) is 5.69 Å². The summed E-state index contributed by atoms with van der Waals surface area (Å²) in [5.41, 5.74) is 1.67. The molecule has 0 heterocycles. The zero-order chi connectivity index (χ0) is 24.9. The maximum Gasteiger partial charge on any atom is 0.244 e. The molecule has 0 aliphatic carbocycles. The minimum Gasteiger partial charge on any atom is -0.352 e. The van der Waals surface area contributed by atoms with Gasteiger partial charge in [0.2, 0.25) is 21.8 Å². The maximum atomic E-state index is 13.5. The van der Waals surface area contributed by atoms with Crippen molar-refractivity contribution in [2.24, 2.45) is 0 Å². The van der Waals surface area contributed by atoms with Gasteiger partial charge in [0, 0.05) is 22.6 Å². The summed E-state index contributed by atoms with van der Waals surface area (Å²) in [7, 11) is -3.81. The third-order valence-electron chi connectivity index (χ3n) is 4.95. The van der Waals surface area contributed by atoms with E-state index < -0.39 is 28.5 Å². The lowest BCUT2D eigenvalue weighted by molar-refractivity contribution is -0.139. The third-order valence-corrected chi connectivity index (χ3v) is 6.54. The molecule has 0 fully saturated rings. The molecule has 0 bridgehead atoms. The zero-order valence-electron chi connectivity index (χ0n) is 19.3. The number of carbonyl (C=O) groups is 2. The molecule has 2 rings (SSSR count). The standard InChI is InChI=1S/C23H29Cl2N3O4S/c1-15(2)26-23(30)17(4)27(13-18-7-6-8-19(24)12-18)22(29)14-28(33(5,31)32)21-10-9-20(25)11-16(21)3/h6-12,15,17H,13-14H2,1-5H3,(H,26,30)/t17-/m1/s1. The second-order valence-corrected chi connectivity index (χ2v) is 11.0. The van der Waals surface area contributed by atoms with Crippen molar-refractivity contribution in [3.8, 4) is 0 Å². The monoisotopic (exact) mass is 513 g/mol. The van der Waals surface area contributed by atoms with Gasteiger partial charge in [-0.1, -0.05) is 35.3 Å². The number of rotatable bonds is 9. The number of sulfonamides is 1. The van der Waals surface area contributed by atoms with Crippen molar-refractivity contribution < 1.29 is 18.0 Å². The van der Waals surface area contributed by atoms with Crippen molar-refractivity contribution in [3.05, 3.63) is 63.6 Å². The Morgan fingerprint density at radius 2 is 1.67 bits per heavy atom. The Morgan fingerprint density at radius 1 is 1.03 bits per heavy atom. The smallest absolute Gasteiger partial charge is 0.244 e. The number of nitrogens with zero attached hydrogens (tertiary/aromatic N) is 2. The average Bonchev–Trinajstić information content (AvgIpc) is 2.69. The van der Waals surface area contributed by atoms with Crippen LogP contribution in [-0.4, -0.2) is 50.0 Å². The molecule has 0 radical (unpaired) electrons. The van der Waals surface area contributed by atoms with Gasteiger partial charge in [0.05, 0.1) is 11.9 Å². The Hall–Kier alpha value is -2.29. The van der Waals surface area contributed by atoms with Crippen LogP contribution < -0.4 is 9.62 Å². The molecule has 0 aliphatic rings. The lowest BCUT2D eigenvalue weighted by atomic mass is 10.1. The molecule has 0 saturated heterocycles. The normalized spacial score (nSPS) is 12.4. The molecular formula is C23H29Cl2N3O4S. The largest absolute Gasteiger partial charge is 0.352 e.